The Morgan fingerprint density at radius 2 is 2.26 bits per heavy atom. The van der Waals surface area contributed by atoms with Gasteiger partial charge in [0.05, 0.1) is 30.6 Å². The van der Waals surface area contributed by atoms with E-state index < -0.39 is 0 Å². The fourth-order valence-corrected chi connectivity index (χ4v) is 2.85. The standard InChI is InChI=1S/C15H16N2O2/c1-3-11(7-16)15(8-18-9-15)12-4-5-14-13(6-12)17-10(2)19-14/h4-6,11H,3,8-9H2,1-2H3. The third-order valence-corrected chi connectivity index (χ3v) is 4.02. The van der Waals surface area contributed by atoms with Crippen molar-refractivity contribution in [3.05, 3.63) is 29.7 Å². The average Bonchev–Trinajstić information content (AvgIpc) is 2.72. The second-order valence-corrected chi connectivity index (χ2v) is 5.15. The maximum absolute atomic E-state index is 9.37. The van der Waals surface area contributed by atoms with Crippen LogP contribution < -0.4 is 0 Å². The first-order valence-corrected chi connectivity index (χ1v) is 6.54. The summed E-state index contributed by atoms with van der Waals surface area (Å²) in [5, 5.41) is 9.37. The Morgan fingerprint density at radius 1 is 1.47 bits per heavy atom. The number of nitriles is 1. The van der Waals surface area contributed by atoms with Gasteiger partial charge < -0.3 is 9.15 Å². The van der Waals surface area contributed by atoms with Gasteiger partial charge in [-0.2, -0.15) is 5.26 Å². The van der Waals surface area contributed by atoms with Gasteiger partial charge >= 0.3 is 0 Å². The van der Waals surface area contributed by atoms with E-state index in [-0.39, 0.29) is 11.3 Å². The van der Waals surface area contributed by atoms with E-state index in [0.717, 1.165) is 23.1 Å². The molecule has 0 saturated carbocycles. The zero-order valence-corrected chi connectivity index (χ0v) is 11.1. The SMILES string of the molecule is CCC(C#N)C1(c2ccc3oc(C)nc3c2)COC1. The summed E-state index contributed by atoms with van der Waals surface area (Å²) < 4.78 is 10.9. The zero-order chi connectivity index (χ0) is 13.5. The highest BCUT2D eigenvalue weighted by molar-refractivity contribution is 5.74. The Labute approximate surface area is 112 Å². The number of aryl methyl sites for hydroxylation is 1. The molecule has 0 spiro atoms. The predicted octanol–water partition coefficient (Wildman–Crippen LogP) is 2.95. The van der Waals surface area contributed by atoms with Crippen LogP contribution in [0.15, 0.2) is 22.6 Å². The molecule has 1 atom stereocenters. The Morgan fingerprint density at radius 3 is 2.84 bits per heavy atom. The largest absolute Gasteiger partial charge is 0.441 e. The van der Waals surface area contributed by atoms with Crippen LogP contribution in [0, 0.1) is 24.2 Å². The van der Waals surface area contributed by atoms with E-state index in [4.69, 9.17) is 9.15 Å². The Kier molecular flexibility index (Phi) is 2.79. The average molecular weight is 256 g/mol. The lowest BCUT2D eigenvalue weighted by atomic mass is 9.68. The second-order valence-electron chi connectivity index (χ2n) is 5.15. The molecule has 0 radical (unpaired) electrons. The van der Waals surface area contributed by atoms with E-state index in [1.54, 1.807) is 0 Å². The van der Waals surface area contributed by atoms with Crippen LogP contribution in [0.5, 0.6) is 0 Å². The molecule has 98 valence electrons. The van der Waals surface area contributed by atoms with Crippen molar-refractivity contribution in [1.29, 1.82) is 5.26 Å². The molecule has 1 saturated heterocycles. The first-order chi connectivity index (χ1) is 9.19. The number of benzene rings is 1. The minimum Gasteiger partial charge on any atom is -0.441 e. The van der Waals surface area contributed by atoms with Gasteiger partial charge in [-0.05, 0) is 24.1 Å². The fourth-order valence-electron chi connectivity index (χ4n) is 2.85. The molecule has 1 aliphatic heterocycles. The van der Waals surface area contributed by atoms with Crippen molar-refractivity contribution in [3.8, 4) is 6.07 Å². The van der Waals surface area contributed by atoms with E-state index in [1.165, 1.54) is 0 Å². The molecule has 2 heterocycles. The van der Waals surface area contributed by atoms with Crippen molar-refractivity contribution < 1.29 is 9.15 Å². The lowest BCUT2D eigenvalue weighted by Gasteiger charge is -2.44. The van der Waals surface area contributed by atoms with Gasteiger partial charge in [-0.1, -0.05) is 13.0 Å². The molecule has 1 fully saturated rings. The Bertz CT molecular complexity index is 650. The number of fused-ring (bicyclic) bond motifs is 1. The molecule has 19 heavy (non-hydrogen) atoms. The number of ether oxygens (including phenoxy) is 1. The summed E-state index contributed by atoms with van der Waals surface area (Å²) in [6, 6.07) is 8.43. The minimum atomic E-state index is -0.176. The molecule has 1 aromatic carbocycles. The number of rotatable bonds is 3. The second kappa shape index (κ2) is 4.36. The third-order valence-electron chi connectivity index (χ3n) is 4.02. The smallest absolute Gasteiger partial charge is 0.192 e. The van der Waals surface area contributed by atoms with Crippen molar-refractivity contribution in [2.45, 2.75) is 25.7 Å². The topological polar surface area (TPSA) is 59.0 Å². The van der Waals surface area contributed by atoms with E-state index in [9.17, 15) is 5.26 Å². The molecule has 0 bridgehead atoms. The van der Waals surface area contributed by atoms with Crippen molar-refractivity contribution in [3.63, 3.8) is 0 Å². The highest BCUT2D eigenvalue weighted by atomic mass is 16.5. The maximum Gasteiger partial charge on any atom is 0.192 e. The number of hydrogen-bond donors (Lipinski definition) is 0. The van der Waals surface area contributed by atoms with Crippen LogP contribution in [0.1, 0.15) is 24.8 Å². The first kappa shape index (κ1) is 12.2. The predicted molar refractivity (Wildman–Crippen MR) is 70.6 cm³/mol. The number of hydrogen-bond acceptors (Lipinski definition) is 4. The first-order valence-electron chi connectivity index (χ1n) is 6.54. The summed E-state index contributed by atoms with van der Waals surface area (Å²) in [5.41, 5.74) is 2.61. The fraction of sp³-hybridized carbons (Fsp3) is 0.467. The molecule has 4 heteroatoms. The molecule has 4 nitrogen and oxygen atoms in total. The van der Waals surface area contributed by atoms with Crippen LogP contribution in [-0.4, -0.2) is 18.2 Å². The summed E-state index contributed by atoms with van der Waals surface area (Å²) >= 11 is 0. The lowest BCUT2D eigenvalue weighted by molar-refractivity contribution is -0.0804. The molecular weight excluding hydrogens is 240 g/mol. The highest BCUT2D eigenvalue weighted by Gasteiger charge is 2.46. The van der Waals surface area contributed by atoms with Gasteiger partial charge in [0.1, 0.15) is 5.52 Å². The van der Waals surface area contributed by atoms with Crippen molar-refractivity contribution in [1.82, 2.24) is 4.98 Å². The molecule has 1 unspecified atom stereocenters. The summed E-state index contributed by atoms with van der Waals surface area (Å²) in [7, 11) is 0. The van der Waals surface area contributed by atoms with Gasteiger partial charge in [0.25, 0.3) is 0 Å². The van der Waals surface area contributed by atoms with Gasteiger partial charge in [-0.3, -0.25) is 0 Å². The third kappa shape index (κ3) is 1.73. The maximum atomic E-state index is 9.37. The van der Waals surface area contributed by atoms with Crippen LogP contribution in [0.4, 0.5) is 0 Å². The molecule has 0 amide bonds. The molecule has 3 rings (SSSR count). The van der Waals surface area contributed by atoms with Gasteiger partial charge in [-0.15, -0.1) is 0 Å². The van der Waals surface area contributed by atoms with Gasteiger partial charge in [0, 0.05) is 6.92 Å². The van der Waals surface area contributed by atoms with E-state index in [1.807, 2.05) is 32.0 Å². The van der Waals surface area contributed by atoms with E-state index >= 15 is 0 Å². The zero-order valence-electron chi connectivity index (χ0n) is 11.1. The van der Waals surface area contributed by atoms with Crippen molar-refractivity contribution in [2.75, 3.05) is 13.2 Å². The van der Waals surface area contributed by atoms with Crippen LogP contribution >= 0.6 is 0 Å². The number of nitrogens with zero attached hydrogens (tertiary/aromatic N) is 2. The summed E-state index contributed by atoms with van der Waals surface area (Å²) in [6.07, 6.45) is 0.829. The van der Waals surface area contributed by atoms with Gasteiger partial charge in [0.2, 0.25) is 0 Å². The van der Waals surface area contributed by atoms with Crippen LogP contribution in [-0.2, 0) is 10.2 Å². The van der Waals surface area contributed by atoms with Crippen LogP contribution in [0.25, 0.3) is 11.1 Å². The lowest BCUT2D eigenvalue weighted by Crippen LogP contribution is -2.51. The summed E-state index contributed by atoms with van der Waals surface area (Å²) in [6.45, 7) is 5.11. The van der Waals surface area contributed by atoms with E-state index in [2.05, 4.69) is 11.1 Å². The molecule has 0 aliphatic carbocycles. The van der Waals surface area contributed by atoms with Crippen molar-refractivity contribution >= 4 is 11.1 Å². The van der Waals surface area contributed by atoms with Crippen molar-refractivity contribution in [2.24, 2.45) is 5.92 Å². The number of aromatic nitrogens is 1. The molecule has 2 aromatic rings. The van der Waals surface area contributed by atoms with E-state index in [0.29, 0.717) is 19.1 Å². The Hall–Kier alpha value is -1.86. The van der Waals surface area contributed by atoms with Gasteiger partial charge in [-0.25, -0.2) is 4.98 Å². The number of oxazole rings is 1. The van der Waals surface area contributed by atoms with Crippen LogP contribution in [0.3, 0.4) is 0 Å². The van der Waals surface area contributed by atoms with Gasteiger partial charge in [0.15, 0.2) is 11.5 Å². The summed E-state index contributed by atoms with van der Waals surface area (Å²) in [4.78, 5) is 4.37. The molecular formula is C15H16N2O2. The normalized spacial score (nSPS) is 18.8. The summed E-state index contributed by atoms with van der Waals surface area (Å²) in [5.74, 6) is 0.644. The molecule has 1 aliphatic rings. The van der Waals surface area contributed by atoms with Crippen LogP contribution in [0.2, 0.25) is 0 Å². The highest BCUT2D eigenvalue weighted by Crippen LogP contribution is 2.41. The Balaban J connectivity index is 2.08. The quantitative estimate of drug-likeness (QED) is 0.847. The minimum absolute atomic E-state index is 0.0216. The monoisotopic (exact) mass is 256 g/mol. The molecule has 0 N–H and O–H groups in total. The molecule has 1 aromatic heterocycles.